The Labute approximate surface area is 265 Å². The fourth-order valence-electron chi connectivity index (χ4n) is 5.18. The number of carbonyl (C=O) groups excluding carboxylic acids is 3. The van der Waals surface area contributed by atoms with E-state index in [0.717, 1.165) is 10.3 Å². The highest BCUT2D eigenvalue weighted by Gasteiger charge is 2.39. The van der Waals surface area contributed by atoms with Crippen LogP contribution in [0.2, 0.25) is 0 Å². The first kappa shape index (κ1) is 31.8. The summed E-state index contributed by atoms with van der Waals surface area (Å²) in [5, 5.41) is 7.24. The molecule has 0 spiro atoms. The number of esters is 1. The normalized spacial score (nSPS) is 14.6. The number of rotatable bonds is 8. The summed E-state index contributed by atoms with van der Waals surface area (Å²) >= 11 is 1.28. The quantitative estimate of drug-likeness (QED) is 0.182. The molecule has 1 fully saturated rings. The molecule has 1 saturated heterocycles. The molecule has 13 heteroatoms. The highest BCUT2D eigenvalue weighted by atomic mass is 32.1. The SMILES string of the molecule is COC(=O)c1sc2ccc3nc(OC)cnc3c2c1NCC1(NC(=O)OCc2ccccc2)CCN(C(=O)OC(C)(C)C)CC1. The zero-order valence-corrected chi connectivity index (χ0v) is 26.8. The van der Waals surface area contributed by atoms with Crippen molar-refractivity contribution in [2.24, 2.45) is 0 Å². The molecule has 5 rings (SSSR count). The summed E-state index contributed by atoms with van der Waals surface area (Å²) in [4.78, 5) is 50.0. The zero-order valence-electron chi connectivity index (χ0n) is 26.0. The van der Waals surface area contributed by atoms with Crippen molar-refractivity contribution in [3.63, 3.8) is 0 Å². The van der Waals surface area contributed by atoms with E-state index in [1.165, 1.54) is 31.8 Å². The number of carbonyl (C=O) groups is 3. The van der Waals surface area contributed by atoms with Gasteiger partial charge in [-0.15, -0.1) is 11.3 Å². The van der Waals surface area contributed by atoms with E-state index in [1.807, 2.05) is 63.2 Å². The molecule has 0 bridgehead atoms. The third-order valence-corrected chi connectivity index (χ3v) is 8.61. The number of alkyl carbamates (subject to hydrolysis) is 1. The second-order valence-electron chi connectivity index (χ2n) is 11.8. The van der Waals surface area contributed by atoms with E-state index in [2.05, 4.69) is 20.6 Å². The van der Waals surface area contributed by atoms with Crippen molar-refractivity contribution in [2.75, 3.05) is 39.2 Å². The minimum Gasteiger partial charge on any atom is -0.480 e. The Kier molecular flexibility index (Phi) is 9.28. The number of hydrogen-bond acceptors (Lipinski definition) is 11. The van der Waals surface area contributed by atoms with Crippen LogP contribution in [0.4, 0.5) is 15.3 Å². The van der Waals surface area contributed by atoms with Gasteiger partial charge in [0.25, 0.3) is 0 Å². The van der Waals surface area contributed by atoms with Crippen molar-refractivity contribution >= 4 is 56.3 Å². The second kappa shape index (κ2) is 13.1. The fourth-order valence-corrected chi connectivity index (χ4v) is 6.28. The van der Waals surface area contributed by atoms with E-state index in [4.69, 9.17) is 18.9 Å². The van der Waals surface area contributed by atoms with Crippen LogP contribution in [0.25, 0.3) is 21.1 Å². The molecule has 0 unspecified atom stereocenters. The monoisotopic (exact) mass is 635 g/mol. The molecule has 4 aromatic rings. The molecule has 2 aromatic carbocycles. The highest BCUT2D eigenvalue weighted by Crippen LogP contribution is 2.40. The van der Waals surface area contributed by atoms with Crippen LogP contribution in [0.15, 0.2) is 48.7 Å². The molecule has 2 N–H and O–H groups in total. The van der Waals surface area contributed by atoms with Crippen molar-refractivity contribution in [1.82, 2.24) is 20.2 Å². The maximum atomic E-state index is 13.2. The summed E-state index contributed by atoms with van der Waals surface area (Å²) in [5.41, 5.74) is 1.12. The zero-order chi connectivity index (χ0) is 32.2. The number of likely N-dealkylation sites (tertiary alicyclic amines) is 1. The number of ether oxygens (including phenoxy) is 4. The van der Waals surface area contributed by atoms with Gasteiger partial charge in [0.1, 0.15) is 17.1 Å². The van der Waals surface area contributed by atoms with Gasteiger partial charge < -0.3 is 34.5 Å². The molecule has 0 saturated carbocycles. The minimum absolute atomic E-state index is 0.107. The number of fused-ring (bicyclic) bond motifs is 3. The molecule has 45 heavy (non-hydrogen) atoms. The molecule has 0 atom stereocenters. The van der Waals surface area contributed by atoms with Crippen LogP contribution >= 0.6 is 11.3 Å². The van der Waals surface area contributed by atoms with Gasteiger partial charge in [-0.1, -0.05) is 30.3 Å². The Morgan fingerprint density at radius 3 is 2.44 bits per heavy atom. The number of methoxy groups -OCH3 is 2. The van der Waals surface area contributed by atoms with Crippen molar-refractivity contribution in [3.05, 3.63) is 59.1 Å². The first-order valence-corrected chi connectivity index (χ1v) is 15.4. The number of piperidine rings is 1. The topological polar surface area (TPSA) is 141 Å². The number of anilines is 1. The van der Waals surface area contributed by atoms with Gasteiger partial charge in [-0.25, -0.2) is 24.4 Å². The van der Waals surface area contributed by atoms with Gasteiger partial charge in [0.2, 0.25) is 5.88 Å². The van der Waals surface area contributed by atoms with Gasteiger partial charge in [0.15, 0.2) is 0 Å². The molecular weight excluding hydrogens is 598 g/mol. The highest BCUT2D eigenvalue weighted by molar-refractivity contribution is 7.21. The summed E-state index contributed by atoms with van der Waals surface area (Å²) in [6.45, 7) is 6.49. The molecule has 0 aliphatic carbocycles. The molecule has 238 valence electrons. The molecule has 1 aliphatic heterocycles. The number of amides is 2. The Hall–Kier alpha value is -4.65. The van der Waals surface area contributed by atoms with Gasteiger partial charge in [-0.3, -0.25) is 0 Å². The molecule has 12 nitrogen and oxygen atoms in total. The maximum absolute atomic E-state index is 13.2. The van der Waals surface area contributed by atoms with Gasteiger partial charge in [0.05, 0.1) is 42.7 Å². The Balaban J connectivity index is 1.44. The summed E-state index contributed by atoms with van der Waals surface area (Å²) in [6.07, 6.45) is 1.35. The molecule has 1 aliphatic rings. The van der Waals surface area contributed by atoms with Crippen LogP contribution < -0.4 is 15.4 Å². The molecule has 3 heterocycles. The lowest BCUT2D eigenvalue weighted by Gasteiger charge is -2.42. The van der Waals surface area contributed by atoms with Crippen molar-refractivity contribution in [2.45, 2.75) is 51.4 Å². The van der Waals surface area contributed by atoms with Gasteiger partial charge in [-0.2, -0.15) is 0 Å². The van der Waals surface area contributed by atoms with Crippen molar-refractivity contribution in [3.8, 4) is 5.88 Å². The molecular formula is C32H37N5O7S. The molecule has 2 amide bonds. The Morgan fingerprint density at radius 1 is 1.04 bits per heavy atom. The third kappa shape index (κ3) is 7.36. The Morgan fingerprint density at radius 2 is 1.78 bits per heavy atom. The van der Waals surface area contributed by atoms with E-state index in [-0.39, 0.29) is 13.2 Å². The predicted molar refractivity (Wildman–Crippen MR) is 171 cm³/mol. The van der Waals surface area contributed by atoms with Crippen LogP contribution in [-0.4, -0.2) is 78.0 Å². The van der Waals surface area contributed by atoms with Gasteiger partial charge in [-0.05, 0) is 51.3 Å². The number of aromatic nitrogens is 2. The van der Waals surface area contributed by atoms with Crippen molar-refractivity contribution in [1.29, 1.82) is 0 Å². The molecule has 0 radical (unpaired) electrons. The number of nitrogens with one attached hydrogen (secondary N) is 2. The fraction of sp³-hybridized carbons (Fsp3) is 0.406. The number of hydrogen-bond donors (Lipinski definition) is 2. The molecule has 2 aromatic heterocycles. The second-order valence-corrected chi connectivity index (χ2v) is 12.9. The average molecular weight is 636 g/mol. The lowest BCUT2D eigenvalue weighted by molar-refractivity contribution is 0.0153. The van der Waals surface area contributed by atoms with E-state index in [0.29, 0.717) is 58.8 Å². The standard InChI is InChI=1S/C32H37N5O7S/c1-31(2,3)44-30(40)37-15-13-32(14-16-37,36-29(39)43-18-20-9-7-6-8-10-20)19-34-26-24-22(45-27(26)28(38)42-5)12-11-21-25(24)33-17-23(35-21)41-4/h6-12,17,34H,13-16,18-19H2,1-5H3,(H,36,39). The smallest absolute Gasteiger partial charge is 0.410 e. The van der Waals surface area contributed by atoms with E-state index < -0.39 is 29.3 Å². The van der Waals surface area contributed by atoms with E-state index in [1.54, 1.807) is 4.90 Å². The lowest BCUT2D eigenvalue weighted by Crippen LogP contribution is -2.60. The maximum Gasteiger partial charge on any atom is 0.410 e. The van der Waals surface area contributed by atoms with Crippen LogP contribution in [0.3, 0.4) is 0 Å². The first-order valence-electron chi connectivity index (χ1n) is 14.6. The largest absolute Gasteiger partial charge is 0.480 e. The van der Waals surface area contributed by atoms with Crippen LogP contribution in [-0.2, 0) is 20.8 Å². The Bertz CT molecular complexity index is 1700. The van der Waals surface area contributed by atoms with Gasteiger partial charge >= 0.3 is 18.2 Å². The van der Waals surface area contributed by atoms with Crippen LogP contribution in [0, 0.1) is 0 Å². The first-order chi connectivity index (χ1) is 21.5. The number of nitrogens with zero attached hydrogens (tertiary/aromatic N) is 3. The average Bonchev–Trinajstić information content (AvgIpc) is 3.41. The number of benzene rings is 2. The summed E-state index contributed by atoms with van der Waals surface area (Å²) in [6, 6.07) is 13.1. The summed E-state index contributed by atoms with van der Waals surface area (Å²) < 4.78 is 22.3. The third-order valence-electron chi connectivity index (χ3n) is 7.48. The van der Waals surface area contributed by atoms with Crippen molar-refractivity contribution < 1.29 is 33.3 Å². The summed E-state index contributed by atoms with van der Waals surface area (Å²) in [5.74, 6) is -0.133. The van der Waals surface area contributed by atoms with Crippen LogP contribution in [0.1, 0.15) is 48.8 Å². The van der Waals surface area contributed by atoms with Gasteiger partial charge in [0, 0.05) is 29.7 Å². The van der Waals surface area contributed by atoms with Crippen LogP contribution in [0.5, 0.6) is 5.88 Å². The minimum atomic E-state index is -0.826. The lowest BCUT2D eigenvalue weighted by atomic mass is 9.87. The predicted octanol–water partition coefficient (Wildman–Crippen LogP) is 5.75. The van der Waals surface area contributed by atoms with E-state index in [9.17, 15) is 14.4 Å². The number of thiophene rings is 1. The van der Waals surface area contributed by atoms with E-state index >= 15 is 0 Å². The summed E-state index contributed by atoms with van der Waals surface area (Å²) in [7, 11) is 2.85.